The summed E-state index contributed by atoms with van der Waals surface area (Å²) in [4.78, 5) is 24.8. The van der Waals surface area contributed by atoms with Crippen LogP contribution in [0.4, 0.5) is 0 Å². The molecule has 0 saturated heterocycles. The van der Waals surface area contributed by atoms with Crippen LogP contribution in [-0.2, 0) is 38.4 Å². The first-order chi connectivity index (χ1) is 21.0. The van der Waals surface area contributed by atoms with Gasteiger partial charge in [-0.1, -0.05) is 24.8 Å². The Kier molecular flexibility index (Phi) is 16.5. The fraction of sp³-hybridized carbons (Fsp3) is 0.259. The molecule has 4 aromatic carbocycles. The molecule has 0 radical (unpaired) electrons. The van der Waals surface area contributed by atoms with Crippen molar-refractivity contribution in [3.8, 4) is 5.75 Å². The molecule has 4 N–H and O–H groups in total. The molecule has 0 saturated carbocycles. The predicted molar refractivity (Wildman–Crippen MR) is 159 cm³/mol. The summed E-state index contributed by atoms with van der Waals surface area (Å²) in [6, 6.07) is 8.12. The topological polar surface area (TPSA) is 208 Å². The number of carbonyl (C=O) groups is 2. The van der Waals surface area contributed by atoms with Crippen LogP contribution in [0.3, 0.4) is 0 Å². The molecule has 0 bridgehead atoms. The first-order valence-corrected chi connectivity index (χ1v) is 16.0. The molecule has 0 aromatic heterocycles. The van der Waals surface area contributed by atoms with Gasteiger partial charge in [0.2, 0.25) is 21.8 Å². The van der Waals surface area contributed by atoms with E-state index in [4.69, 9.17) is 0 Å². The molecule has 0 aliphatic carbocycles. The molecule has 2 amide bonds. The summed E-state index contributed by atoms with van der Waals surface area (Å²) in [7, 11) is -4.50. The smallest absolute Gasteiger partial charge is 0.691 e. The number of hydrogen-bond donors (Lipinski definition) is 4. The Bertz CT molecular complexity index is 1810. The van der Waals surface area contributed by atoms with E-state index >= 15 is 0 Å². The fourth-order valence-electron chi connectivity index (χ4n) is 4.73. The Labute approximate surface area is 317 Å². The van der Waals surface area contributed by atoms with Gasteiger partial charge in [0.15, 0.2) is 0 Å². The number of phenols is 1. The Hall–Kier alpha value is -1.23. The zero-order valence-corrected chi connectivity index (χ0v) is 31.8. The van der Waals surface area contributed by atoms with E-state index in [-0.39, 0.29) is 99.9 Å². The van der Waals surface area contributed by atoms with E-state index in [1.54, 1.807) is 37.3 Å². The van der Waals surface area contributed by atoms with Crippen LogP contribution in [0.2, 0.25) is 0 Å². The first kappa shape index (κ1) is 40.9. The number of nitrogens with one attached hydrogen (secondary N) is 3. The van der Waals surface area contributed by atoms with Crippen molar-refractivity contribution in [2.75, 3.05) is 18.8 Å². The Morgan fingerprint density at radius 3 is 2.24 bits per heavy atom. The normalized spacial score (nSPS) is 12.1. The molecule has 0 heterocycles. The van der Waals surface area contributed by atoms with Gasteiger partial charge in [0.1, 0.15) is 11.8 Å². The number of sulfonamides is 1. The summed E-state index contributed by atoms with van der Waals surface area (Å²) in [6.07, 6.45) is 0.339. The number of phenolic OH excluding ortho intramolecular Hbond substituents is 1. The summed E-state index contributed by atoms with van der Waals surface area (Å²) in [5, 5.41) is 46.8. The maximum atomic E-state index is 13.8. The van der Waals surface area contributed by atoms with E-state index in [2.05, 4.69) is 40.7 Å². The van der Waals surface area contributed by atoms with Crippen LogP contribution in [0.1, 0.15) is 18.9 Å². The van der Waals surface area contributed by atoms with Crippen LogP contribution in [0.5, 0.6) is 5.75 Å². The van der Waals surface area contributed by atoms with Crippen LogP contribution in [-0.4, -0.2) is 50.2 Å². The number of aromatic hydroxyl groups is 1. The van der Waals surface area contributed by atoms with Gasteiger partial charge in [0.05, 0.1) is 16.9 Å². The molecule has 0 aliphatic rings. The Balaban J connectivity index is 0.00000368. The van der Waals surface area contributed by atoms with Crippen LogP contribution in [0.25, 0.3) is 32.3 Å². The molecule has 0 spiro atoms. The molecule has 46 heavy (non-hydrogen) atoms. The van der Waals surface area contributed by atoms with Crippen molar-refractivity contribution in [1.82, 2.24) is 15.4 Å². The maximum Gasteiger partial charge on any atom is 1.00 e. The number of aryl methyl sites for hydroxylation is 1. The third-order valence-electron chi connectivity index (χ3n) is 6.70. The number of carbonyl (C=O) groups excluding carboxylic acids is 2. The molecule has 14 nitrogen and oxygen atoms in total. The second-order valence-corrected chi connectivity index (χ2v) is 12.8. The van der Waals surface area contributed by atoms with E-state index in [0.29, 0.717) is 62.5 Å². The molecule has 4 rings (SSSR count). The van der Waals surface area contributed by atoms with Gasteiger partial charge in [0, 0.05) is 63.6 Å². The van der Waals surface area contributed by atoms with Gasteiger partial charge in [-0.3, -0.25) is 19.7 Å². The molecule has 0 aliphatic heterocycles. The molecule has 4 aromatic rings. The van der Waals surface area contributed by atoms with Gasteiger partial charge in [-0.25, -0.2) is 8.42 Å². The zero-order chi connectivity index (χ0) is 32.0. The van der Waals surface area contributed by atoms with Crippen molar-refractivity contribution in [2.45, 2.75) is 36.1 Å². The van der Waals surface area contributed by atoms with Gasteiger partial charge < -0.3 is 26.3 Å². The summed E-state index contributed by atoms with van der Waals surface area (Å²) >= 11 is 1.10. The van der Waals surface area contributed by atoms with Crippen LogP contribution < -0.4 is 85.0 Å². The van der Waals surface area contributed by atoms with Gasteiger partial charge >= 0.3 is 59.1 Å². The van der Waals surface area contributed by atoms with Crippen molar-refractivity contribution < 1.29 is 111 Å². The molecule has 1 unspecified atom stereocenters. The van der Waals surface area contributed by atoms with E-state index < -0.39 is 22.0 Å². The quantitative estimate of drug-likeness (QED) is 0.0165. The van der Waals surface area contributed by atoms with Crippen LogP contribution in [0.15, 0.2) is 58.3 Å². The minimum atomic E-state index is -4.50. The fourth-order valence-corrected chi connectivity index (χ4v) is 7.30. The first-order valence-electron chi connectivity index (χ1n) is 12.9. The van der Waals surface area contributed by atoms with Gasteiger partial charge in [-0.2, -0.15) is 13.4 Å². The SMILES string of the molecule is C=C(C)C(=O)NCCCNC(=O)C(CSOO[O-])NS(=O)(=O)c1cc(O)c2ccc3c(C)cc(SOO[O-])c4ccc1c2c34.[Na+].[Na+]. The van der Waals surface area contributed by atoms with Crippen molar-refractivity contribution in [2.24, 2.45) is 0 Å². The average molecular weight is 712 g/mol. The van der Waals surface area contributed by atoms with Crippen molar-refractivity contribution >= 4 is 78.2 Å². The van der Waals surface area contributed by atoms with E-state index in [1.165, 1.54) is 0 Å². The van der Waals surface area contributed by atoms with Crippen LogP contribution >= 0.6 is 24.1 Å². The van der Waals surface area contributed by atoms with E-state index in [1.807, 2.05) is 6.92 Å². The summed E-state index contributed by atoms with van der Waals surface area (Å²) < 4.78 is 38.7. The van der Waals surface area contributed by atoms with Crippen molar-refractivity contribution in [3.05, 3.63) is 54.1 Å². The Morgan fingerprint density at radius 2 is 1.57 bits per heavy atom. The largest absolute Gasteiger partial charge is 1.00 e. The monoisotopic (exact) mass is 711 g/mol. The van der Waals surface area contributed by atoms with E-state index in [9.17, 15) is 33.6 Å². The van der Waals surface area contributed by atoms with Crippen molar-refractivity contribution in [1.29, 1.82) is 0 Å². The standard InChI is InChI=1S/C27H29N3O11S3.2Na/c1-14(2)26(32)28-9-4-10-29-27(33)20(13-42-40-38-34)30-44(36,37)23-12-21(31)17-6-5-16-15(3)11-22(43-41-39-35)18-7-8-19(23)25(17)24(16)18;;/h5-8,11-12,20,30-31,34-35H,1,4,9-10,13H2,2-3H3,(H,28,32)(H,29,33);;/q;2*+1/p-2. The number of benzene rings is 4. The van der Waals surface area contributed by atoms with Gasteiger partial charge in [0.25, 0.3) is 0 Å². The van der Waals surface area contributed by atoms with E-state index in [0.717, 1.165) is 17.0 Å². The minimum absolute atomic E-state index is 0. The third-order valence-corrected chi connectivity index (χ3v) is 9.47. The second-order valence-electron chi connectivity index (χ2n) is 9.65. The summed E-state index contributed by atoms with van der Waals surface area (Å²) in [5.74, 6) is -1.74. The predicted octanol–water partition coefficient (Wildman–Crippen LogP) is -4.45. The molecule has 0 fully saturated rings. The van der Waals surface area contributed by atoms with Gasteiger partial charge in [-0.05, 0) is 54.1 Å². The average Bonchev–Trinajstić information content (AvgIpc) is 2.99. The molecule has 19 heteroatoms. The minimum Gasteiger partial charge on any atom is -0.691 e. The summed E-state index contributed by atoms with van der Waals surface area (Å²) in [6.45, 7) is 7.25. The zero-order valence-electron chi connectivity index (χ0n) is 25.3. The number of amides is 2. The molecular weight excluding hydrogens is 684 g/mol. The summed E-state index contributed by atoms with van der Waals surface area (Å²) in [5.41, 5.74) is 1.12. The number of hydrogen-bond acceptors (Lipinski definition) is 13. The van der Waals surface area contributed by atoms with Crippen molar-refractivity contribution in [3.63, 3.8) is 0 Å². The molecule has 236 valence electrons. The molecular formula is C27H27N3Na2O11S3. The van der Waals surface area contributed by atoms with Gasteiger partial charge in [-0.15, -0.1) is 0 Å². The third kappa shape index (κ3) is 9.47. The maximum absolute atomic E-state index is 13.8. The van der Waals surface area contributed by atoms with Crippen LogP contribution in [0, 0.1) is 6.92 Å². The molecule has 1 atom stereocenters. The number of rotatable bonds is 16. The Morgan fingerprint density at radius 1 is 0.957 bits per heavy atom. The second kappa shape index (κ2) is 18.5.